The van der Waals surface area contributed by atoms with E-state index in [2.05, 4.69) is 31.2 Å². The molecular weight excluding hydrogens is 268 g/mol. The van der Waals surface area contributed by atoms with Crippen molar-refractivity contribution < 1.29 is 4.74 Å². The van der Waals surface area contributed by atoms with Gasteiger partial charge in [0.2, 0.25) is 0 Å². The zero-order valence-corrected chi connectivity index (χ0v) is 14.4. The summed E-state index contributed by atoms with van der Waals surface area (Å²) in [5, 5.41) is 0. The fourth-order valence-electron chi connectivity index (χ4n) is 4.92. The maximum Gasteiger partial charge on any atom is 0.118 e. The van der Waals surface area contributed by atoms with E-state index in [9.17, 15) is 0 Å². The van der Waals surface area contributed by atoms with Gasteiger partial charge in [0.15, 0.2) is 0 Å². The van der Waals surface area contributed by atoms with Crippen LogP contribution in [0.15, 0.2) is 24.3 Å². The molecular formula is C21H32O. The van der Waals surface area contributed by atoms with E-state index in [4.69, 9.17) is 4.74 Å². The van der Waals surface area contributed by atoms with Crippen LogP contribution in [-0.4, -0.2) is 7.11 Å². The standard InChI is InChI=1S/C21H32O/c1-3-4-5-16-6-7-20-15-19(9-8-18(20)14-16)17-10-12-21(22-2)13-11-17/h10-13,16,18-20H,3-9,14-15H2,1-2H3/t16?,18-,19-,20-/m1/s1. The van der Waals surface area contributed by atoms with Crippen molar-refractivity contribution in [3.05, 3.63) is 29.8 Å². The van der Waals surface area contributed by atoms with Crippen LogP contribution in [0.1, 0.15) is 76.2 Å². The molecule has 0 radical (unpaired) electrons. The number of rotatable bonds is 5. The summed E-state index contributed by atoms with van der Waals surface area (Å²) in [6.45, 7) is 2.33. The molecule has 2 fully saturated rings. The number of unbranched alkanes of at least 4 members (excludes halogenated alkanes) is 1. The smallest absolute Gasteiger partial charge is 0.118 e. The van der Waals surface area contributed by atoms with E-state index in [-0.39, 0.29) is 0 Å². The Bertz CT molecular complexity index is 449. The van der Waals surface area contributed by atoms with Crippen molar-refractivity contribution in [2.24, 2.45) is 17.8 Å². The molecule has 1 heteroatoms. The molecule has 0 amide bonds. The average Bonchev–Trinajstić information content (AvgIpc) is 2.59. The predicted molar refractivity (Wildman–Crippen MR) is 93.4 cm³/mol. The first-order valence-corrected chi connectivity index (χ1v) is 9.44. The topological polar surface area (TPSA) is 9.23 Å². The van der Waals surface area contributed by atoms with Crippen molar-refractivity contribution >= 4 is 0 Å². The molecule has 0 aromatic heterocycles. The number of hydrogen-bond donors (Lipinski definition) is 0. The lowest BCUT2D eigenvalue weighted by molar-refractivity contribution is 0.113. The van der Waals surface area contributed by atoms with Crippen LogP contribution < -0.4 is 4.74 Å². The fraction of sp³-hybridized carbons (Fsp3) is 0.714. The van der Waals surface area contributed by atoms with E-state index in [1.54, 1.807) is 7.11 Å². The van der Waals surface area contributed by atoms with Crippen molar-refractivity contribution in [1.29, 1.82) is 0 Å². The molecule has 0 saturated heterocycles. The van der Waals surface area contributed by atoms with Crippen LogP contribution in [-0.2, 0) is 0 Å². The second-order valence-corrected chi connectivity index (χ2v) is 7.62. The highest BCUT2D eigenvalue weighted by Gasteiger charge is 2.35. The number of hydrogen-bond acceptors (Lipinski definition) is 1. The Morgan fingerprint density at radius 1 is 0.955 bits per heavy atom. The molecule has 1 nitrogen and oxygen atoms in total. The van der Waals surface area contributed by atoms with Crippen LogP contribution in [0.2, 0.25) is 0 Å². The average molecular weight is 300 g/mol. The van der Waals surface area contributed by atoms with Crippen LogP contribution in [0.4, 0.5) is 0 Å². The molecule has 1 aromatic carbocycles. The Balaban J connectivity index is 1.56. The number of benzene rings is 1. The summed E-state index contributed by atoms with van der Waals surface area (Å²) in [7, 11) is 1.75. The lowest BCUT2D eigenvalue weighted by Crippen LogP contribution is -2.30. The van der Waals surface area contributed by atoms with E-state index in [0.717, 1.165) is 29.4 Å². The van der Waals surface area contributed by atoms with Crippen LogP contribution >= 0.6 is 0 Å². The highest BCUT2D eigenvalue weighted by atomic mass is 16.5. The molecule has 0 bridgehead atoms. The van der Waals surface area contributed by atoms with E-state index in [1.165, 1.54) is 63.4 Å². The third-order valence-electron chi connectivity index (χ3n) is 6.27. The minimum atomic E-state index is 0.791. The van der Waals surface area contributed by atoms with E-state index >= 15 is 0 Å². The number of methoxy groups -OCH3 is 1. The van der Waals surface area contributed by atoms with Gasteiger partial charge < -0.3 is 4.74 Å². The van der Waals surface area contributed by atoms with Gasteiger partial charge in [-0.3, -0.25) is 0 Å². The van der Waals surface area contributed by atoms with Gasteiger partial charge in [0.05, 0.1) is 7.11 Å². The minimum Gasteiger partial charge on any atom is -0.497 e. The highest BCUT2D eigenvalue weighted by Crippen LogP contribution is 2.48. The minimum absolute atomic E-state index is 0.791. The first-order chi connectivity index (χ1) is 10.8. The zero-order valence-electron chi connectivity index (χ0n) is 14.4. The van der Waals surface area contributed by atoms with Crippen LogP contribution in [0, 0.1) is 17.8 Å². The largest absolute Gasteiger partial charge is 0.497 e. The lowest BCUT2D eigenvalue weighted by Gasteiger charge is -2.42. The van der Waals surface area contributed by atoms with E-state index < -0.39 is 0 Å². The monoisotopic (exact) mass is 300 g/mol. The van der Waals surface area contributed by atoms with Crippen LogP contribution in [0.25, 0.3) is 0 Å². The lowest BCUT2D eigenvalue weighted by atomic mass is 9.63. The second kappa shape index (κ2) is 7.53. The molecule has 122 valence electrons. The summed E-state index contributed by atoms with van der Waals surface area (Å²) < 4.78 is 5.29. The molecule has 1 aromatic rings. The van der Waals surface area contributed by atoms with Crippen LogP contribution in [0.3, 0.4) is 0 Å². The number of fused-ring (bicyclic) bond motifs is 1. The summed E-state index contributed by atoms with van der Waals surface area (Å²) in [5.74, 6) is 4.84. The van der Waals surface area contributed by atoms with E-state index in [1.807, 2.05) is 0 Å². The van der Waals surface area contributed by atoms with Gasteiger partial charge in [-0.1, -0.05) is 44.7 Å². The summed E-state index contributed by atoms with van der Waals surface area (Å²) in [6.07, 6.45) is 13.1. The second-order valence-electron chi connectivity index (χ2n) is 7.62. The maximum atomic E-state index is 5.29. The molecule has 4 atom stereocenters. The zero-order chi connectivity index (χ0) is 15.4. The summed E-state index contributed by atoms with van der Waals surface area (Å²) in [4.78, 5) is 0. The normalized spacial score (nSPS) is 31.5. The van der Waals surface area contributed by atoms with Crippen molar-refractivity contribution in [3.8, 4) is 5.75 Å². The Kier molecular flexibility index (Phi) is 5.44. The first-order valence-electron chi connectivity index (χ1n) is 9.44. The molecule has 1 unspecified atom stereocenters. The maximum absolute atomic E-state index is 5.29. The summed E-state index contributed by atoms with van der Waals surface area (Å²) >= 11 is 0. The van der Waals surface area contributed by atoms with Crippen molar-refractivity contribution in [2.75, 3.05) is 7.11 Å². The fourth-order valence-corrected chi connectivity index (χ4v) is 4.92. The van der Waals surface area contributed by atoms with Crippen molar-refractivity contribution in [3.63, 3.8) is 0 Å². The SMILES string of the molecule is CCCCC1CC[C@@H]2C[C@H](c3ccc(OC)cc3)CC[C@@H]2C1. The van der Waals surface area contributed by atoms with Gasteiger partial charge in [0.1, 0.15) is 5.75 Å². The number of ether oxygens (including phenoxy) is 1. The molecule has 0 heterocycles. The molecule has 2 saturated carbocycles. The van der Waals surface area contributed by atoms with Gasteiger partial charge in [0.25, 0.3) is 0 Å². The Morgan fingerprint density at radius 3 is 2.41 bits per heavy atom. The van der Waals surface area contributed by atoms with Gasteiger partial charge in [-0.15, -0.1) is 0 Å². The molecule has 2 aliphatic carbocycles. The molecule has 22 heavy (non-hydrogen) atoms. The Morgan fingerprint density at radius 2 is 1.68 bits per heavy atom. The summed E-state index contributed by atoms with van der Waals surface area (Å²) in [6, 6.07) is 8.83. The third-order valence-corrected chi connectivity index (χ3v) is 6.27. The van der Waals surface area contributed by atoms with Gasteiger partial charge in [-0.2, -0.15) is 0 Å². The Labute approximate surface area is 136 Å². The molecule has 0 N–H and O–H groups in total. The first kappa shape index (κ1) is 15.9. The molecule has 0 aliphatic heterocycles. The van der Waals surface area contributed by atoms with Gasteiger partial charge in [-0.05, 0) is 73.5 Å². The van der Waals surface area contributed by atoms with Gasteiger partial charge >= 0.3 is 0 Å². The molecule has 3 rings (SSSR count). The van der Waals surface area contributed by atoms with Crippen LogP contribution in [0.5, 0.6) is 5.75 Å². The van der Waals surface area contributed by atoms with Crippen molar-refractivity contribution in [1.82, 2.24) is 0 Å². The van der Waals surface area contributed by atoms with Crippen molar-refractivity contribution in [2.45, 2.75) is 70.6 Å². The highest BCUT2D eigenvalue weighted by molar-refractivity contribution is 5.29. The van der Waals surface area contributed by atoms with Gasteiger partial charge in [-0.25, -0.2) is 0 Å². The third kappa shape index (κ3) is 3.67. The Hall–Kier alpha value is -0.980. The molecule has 2 aliphatic rings. The molecule has 0 spiro atoms. The van der Waals surface area contributed by atoms with Gasteiger partial charge in [0, 0.05) is 0 Å². The van der Waals surface area contributed by atoms with E-state index in [0.29, 0.717) is 0 Å². The summed E-state index contributed by atoms with van der Waals surface area (Å²) in [5.41, 5.74) is 1.53. The predicted octanol–water partition coefficient (Wildman–Crippen LogP) is 6.19. The quantitative estimate of drug-likeness (QED) is 0.630.